The lowest BCUT2D eigenvalue weighted by molar-refractivity contribution is 0.00509. The molecule has 1 amide bonds. The van der Waals surface area contributed by atoms with Gasteiger partial charge in [0.05, 0.1) is 6.54 Å². The first-order chi connectivity index (χ1) is 11.8. The number of ether oxygens (including phenoxy) is 1. The van der Waals surface area contributed by atoms with Crippen molar-refractivity contribution in [2.24, 2.45) is 0 Å². The Kier molecular flexibility index (Phi) is 6.11. The summed E-state index contributed by atoms with van der Waals surface area (Å²) in [7, 11) is 1.53. The molecule has 0 bridgehead atoms. The lowest BCUT2D eigenvalue weighted by atomic mass is 10.1. The molecule has 9 heteroatoms. The molecule has 1 atom stereocenters. The standard InChI is InChI=1S/C16H20ClN5O3/c1-10(9-21-16(24)18-19-20-21)11(2)22(12(3)25-4)15(23)13-5-7-14(17)8-6-13/h5-8,12H,9H2,1-4H3,(H,18,20,24)/b11-10+. The highest BCUT2D eigenvalue weighted by Gasteiger charge is 2.24. The molecule has 0 saturated heterocycles. The first kappa shape index (κ1) is 18.9. The van der Waals surface area contributed by atoms with Crippen molar-refractivity contribution in [1.29, 1.82) is 0 Å². The van der Waals surface area contributed by atoms with Crippen LogP contribution in [-0.4, -0.2) is 44.4 Å². The fourth-order valence-electron chi connectivity index (χ4n) is 2.29. The Morgan fingerprint density at radius 3 is 2.52 bits per heavy atom. The van der Waals surface area contributed by atoms with E-state index in [-0.39, 0.29) is 12.5 Å². The predicted molar refractivity (Wildman–Crippen MR) is 93.1 cm³/mol. The molecule has 1 aromatic carbocycles. The molecule has 1 aromatic heterocycles. The Balaban J connectivity index is 2.36. The molecular formula is C16H20ClN5O3. The maximum atomic E-state index is 12.9. The zero-order chi connectivity index (χ0) is 18.6. The van der Waals surface area contributed by atoms with Crippen LogP contribution in [0.5, 0.6) is 0 Å². The van der Waals surface area contributed by atoms with Gasteiger partial charge < -0.3 is 4.74 Å². The van der Waals surface area contributed by atoms with Gasteiger partial charge in [-0.3, -0.25) is 9.69 Å². The number of rotatable bonds is 6. The van der Waals surface area contributed by atoms with Crippen LogP contribution in [0, 0.1) is 0 Å². The second-order valence-corrected chi connectivity index (χ2v) is 5.98. The number of aromatic amines is 1. The molecule has 0 saturated carbocycles. The molecule has 1 heterocycles. The number of nitrogens with one attached hydrogen (secondary N) is 1. The van der Waals surface area contributed by atoms with Crippen LogP contribution in [0.15, 0.2) is 40.3 Å². The molecule has 0 aliphatic carbocycles. The smallest absolute Gasteiger partial charge is 0.361 e. The van der Waals surface area contributed by atoms with Gasteiger partial charge in [0.1, 0.15) is 6.23 Å². The van der Waals surface area contributed by atoms with Crippen LogP contribution in [-0.2, 0) is 11.3 Å². The molecule has 0 radical (unpaired) electrons. The van der Waals surface area contributed by atoms with Gasteiger partial charge in [0.25, 0.3) is 5.91 Å². The van der Waals surface area contributed by atoms with Crippen molar-refractivity contribution in [2.45, 2.75) is 33.5 Å². The summed E-state index contributed by atoms with van der Waals surface area (Å²) >= 11 is 5.89. The van der Waals surface area contributed by atoms with Crippen LogP contribution in [0.3, 0.4) is 0 Å². The zero-order valence-corrected chi connectivity index (χ0v) is 15.2. The van der Waals surface area contributed by atoms with Crippen LogP contribution in [0.2, 0.25) is 5.02 Å². The Bertz CT molecular complexity index is 825. The SMILES string of the molecule is COC(C)N(C(=O)c1ccc(Cl)cc1)/C(C)=C(\C)Cn1nn[nH]c1=O. The summed E-state index contributed by atoms with van der Waals surface area (Å²) in [6.07, 6.45) is -0.493. The molecule has 0 aliphatic heterocycles. The molecule has 0 spiro atoms. The first-order valence-corrected chi connectivity index (χ1v) is 7.99. The highest BCUT2D eigenvalue weighted by Crippen LogP contribution is 2.20. The van der Waals surface area contributed by atoms with Crippen LogP contribution >= 0.6 is 11.6 Å². The van der Waals surface area contributed by atoms with Gasteiger partial charge in [-0.05, 0) is 61.0 Å². The average Bonchev–Trinajstić information content (AvgIpc) is 3.00. The van der Waals surface area contributed by atoms with Crippen molar-refractivity contribution in [3.8, 4) is 0 Å². The number of methoxy groups -OCH3 is 1. The number of tetrazole rings is 1. The zero-order valence-electron chi connectivity index (χ0n) is 14.5. The van der Waals surface area contributed by atoms with Gasteiger partial charge in [0.2, 0.25) is 0 Å². The molecule has 134 valence electrons. The first-order valence-electron chi connectivity index (χ1n) is 7.61. The minimum Gasteiger partial charge on any atom is -0.361 e. The Morgan fingerprint density at radius 2 is 2.00 bits per heavy atom. The number of hydrogen-bond donors (Lipinski definition) is 1. The quantitative estimate of drug-likeness (QED) is 0.791. The van der Waals surface area contributed by atoms with Crippen molar-refractivity contribution in [2.75, 3.05) is 7.11 Å². The minimum atomic E-state index is -0.493. The molecule has 8 nitrogen and oxygen atoms in total. The van der Waals surface area contributed by atoms with Crippen LogP contribution in [0.1, 0.15) is 31.1 Å². The highest BCUT2D eigenvalue weighted by molar-refractivity contribution is 6.30. The summed E-state index contributed by atoms with van der Waals surface area (Å²) in [6.45, 7) is 5.60. The van der Waals surface area contributed by atoms with E-state index in [0.29, 0.717) is 16.3 Å². The van der Waals surface area contributed by atoms with Crippen LogP contribution in [0.4, 0.5) is 0 Å². The second kappa shape index (κ2) is 8.09. The summed E-state index contributed by atoms with van der Waals surface area (Å²) in [5.74, 6) is -0.227. The number of nitrogens with zero attached hydrogens (tertiary/aromatic N) is 4. The lowest BCUT2D eigenvalue weighted by Gasteiger charge is -2.30. The maximum absolute atomic E-state index is 12.9. The van der Waals surface area contributed by atoms with E-state index in [1.807, 2.05) is 6.92 Å². The van der Waals surface area contributed by atoms with Gasteiger partial charge >= 0.3 is 5.69 Å². The van der Waals surface area contributed by atoms with Crippen LogP contribution < -0.4 is 5.69 Å². The molecule has 2 rings (SSSR count). The van der Waals surface area contributed by atoms with E-state index in [9.17, 15) is 9.59 Å². The number of halogens is 1. The van der Waals surface area contributed by atoms with E-state index >= 15 is 0 Å². The van der Waals surface area contributed by atoms with Gasteiger partial charge in [-0.15, -0.1) is 0 Å². The van der Waals surface area contributed by atoms with Gasteiger partial charge in [-0.2, -0.15) is 4.68 Å². The van der Waals surface area contributed by atoms with E-state index in [1.165, 1.54) is 16.7 Å². The van der Waals surface area contributed by atoms with Gasteiger partial charge in [0.15, 0.2) is 0 Å². The van der Waals surface area contributed by atoms with Crippen molar-refractivity contribution >= 4 is 17.5 Å². The molecule has 0 fully saturated rings. The highest BCUT2D eigenvalue weighted by atomic mass is 35.5. The third-order valence-corrected chi connectivity index (χ3v) is 4.17. The third kappa shape index (κ3) is 4.34. The lowest BCUT2D eigenvalue weighted by Crippen LogP contribution is -2.39. The predicted octanol–water partition coefficient (Wildman–Crippen LogP) is 2.05. The van der Waals surface area contributed by atoms with Crippen molar-refractivity contribution in [3.05, 3.63) is 56.6 Å². The summed E-state index contributed by atoms with van der Waals surface area (Å²) in [5.41, 5.74) is 1.52. The average molecular weight is 366 g/mol. The van der Waals surface area contributed by atoms with Crippen molar-refractivity contribution in [3.63, 3.8) is 0 Å². The molecule has 0 aliphatic rings. The number of carbonyl (C=O) groups is 1. The fourth-order valence-corrected chi connectivity index (χ4v) is 2.42. The van der Waals surface area contributed by atoms with Crippen molar-refractivity contribution in [1.82, 2.24) is 25.1 Å². The summed E-state index contributed by atoms with van der Waals surface area (Å²) < 4.78 is 6.53. The Hall–Kier alpha value is -2.45. The molecule has 25 heavy (non-hydrogen) atoms. The van der Waals surface area contributed by atoms with Gasteiger partial charge in [-0.25, -0.2) is 9.89 Å². The number of carbonyl (C=O) groups excluding carboxylic acids is 1. The van der Waals surface area contributed by atoms with E-state index in [1.54, 1.807) is 38.1 Å². The summed E-state index contributed by atoms with van der Waals surface area (Å²) in [6, 6.07) is 6.63. The van der Waals surface area contributed by atoms with Gasteiger partial charge in [-0.1, -0.05) is 11.6 Å². The number of hydrogen-bond acceptors (Lipinski definition) is 5. The molecular weight excluding hydrogens is 346 g/mol. The van der Waals surface area contributed by atoms with Gasteiger partial charge in [0, 0.05) is 23.4 Å². The number of allylic oxidation sites excluding steroid dienone is 2. The Morgan fingerprint density at radius 1 is 1.36 bits per heavy atom. The number of benzene rings is 1. The Labute approximate surface area is 150 Å². The van der Waals surface area contributed by atoms with E-state index < -0.39 is 11.9 Å². The number of aromatic nitrogens is 4. The maximum Gasteiger partial charge on any atom is 0.361 e. The van der Waals surface area contributed by atoms with E-state index in [0.717, 1.165) is 5.57 Å². The minimum absolute atomic E-state index is 0.210. The third-order valence-electron chi connectivity index (χ3n) is 3.91. The second-order valence-electron chi connectivity index (χ2n) is 5.55. The fraction of sp³-hybridized carbons (Fsp3) is 0.375. The van der Waals surface area contributed by atoms with Crippen molar-refractivity contribution < 1.29 is 9.53 Å². The topological polar surface area (TPSA) is 93.1 Å². The normalized spacial score (nSPS) is 13.3. The summed E-state index contributed by atoms with van der Waals surface area (Å²) in [5, 5.41) is 9.94. The molecule has 2 aromatic rings. The summed E-state index contributed by atoms with van der Waals surface area (Å²) in [4.78, 5) is 26.0. The van der Waals surface area contributed by atoms with Crippen LogP contribution in [0.25, 0.3) is 0 Å². The molecule has 1 unspecified atom stereocenters. The number of amides is 1. The number of H-pyrrole nitrogens is 1. The van der Waals surface area contributed by atoms with E-state index in [4.69, 9.17) is 16.3 Å². The largest absolute Gasteiger partial charge is 0.361 e. The van der Waals surface area contributed by atoms with E-state index in [2.05, 4.69) is 15.5 Å². The monoisotopic (exact) mass is 365 g/mol. The molecule has 1 N–H and O–H groups in total.